The smallest absolute Gasteiger partial charge is 0.315 e. The third-order valence-electron chi connectivity index (χ3n) is 5.37. The second kappa shape index (κ2) is 11.4. The summed E-state index contributed by atoms with van der Waals surface area (Å²) in [7, 11) is 0. The lowest BCUT2D eigenvalue weighted by atomic mass is 9.92. The monoisotopic (exact) mass is 529 g/mol. The summed E-state index contributed by atoms with van der Waals surface area (Å²) in [5, 5.41) is 11.3. The van der Waals surface area contributed by atoms with Gasteiger partial charge in [0.25, 0.3) is 0 Å². The van der Waals surface area contributed by atoms with Crippen LogP contribution in [-0.4, -0.2) is 39.7 Å². The maximum Gasteiger partial charge on any atom is 0.322 e. The van der Waals surface area contributed by atoms with Crippen LogP contribution in [0.3, 0.4) is 0 Å². The first-order valence-electron chi connectivity index (χ1n) is 11.8. The molecule has 0 atom stereocenters. The van der Waals surface area contributed by atoms with Gasteiger partial charge in [-0.15, -0.1) is 0 Å². The van der Waals surface area contributed by atoms with Crippen molar-refractivity contribution < 1.29 is 9.59 Å². The third-order valence-corrected chi connectivity index (χ3v) is 6.11. The van der Waals surface area contributed by atoms with Crippen LogP contribution in [0.2, 0.25) is 10.0 Å². The zero-order chi connectivity index (χ0) is 26.6. The van der Waals surface area contributed by atoms with E-state index in [1.54, 1.807) is 22.9 Å². The van der Waals surface area contributed by atoms with Crippen LogP contribution in [0, 0.1) is 12.8 Å². The van der Waals surface area contributed by atoms with Crippen molar-refractivity contribution in [3.8, 4) is 5.69 Å². The summed E-state index contributed by atoms with van der Waals surface area (Å²) >= 11 is 12.1. The van der Waals surface area contributed by atoms with Crippen molar-refractivity contribution in [3.05, 3.63) is 69.8 Å². The number of nitrogens with one attached hydrogen (secondary N) is 2. The van der Waals surface area contributed by atoms with Crippen molar-refractivity contribution in [3.63, 3.8) is 0 Å². The summed E-state index contributed by atoms with van der Waals surface area (Å²) in [6.45, 7) is 12.4. The molecule has 0 unspecified atom stereocenters. The van der Waals surface area contributed by atoms with Crippen LogP contribution in [-0.2, 0) is 10.2 Å². The molecular formula is C27H33Cl2N5O2. The van der Waals surface area contributed by atoms with Gasteiger partial charge in [-0.2, -0.15) is 5.10 Å². The molecule has 0 saturated heterocycles. The molecule has 2 N–H and O–H groups in total. The van der Waals surface area contributed by atoms with Gasteiger partial charge in [0.1, 0.15) is 12.4 Å². The van der Waals surface area contributed by atoms with Gasteiger partial charge in [-0.25, -0.2) is 9.48 Å². The highest BCUT2D eigenvalue weighted by molar-refractivity contribution is 6.42. The molecule has 0 aliphatic carbocycles. The van der Waals surface area contributed by atoms with Gasteiger partial charge in [-0.1, -0.05) is 70.0 Å². The number of urea groups is 1. The molecule has 1 heterocycles. The predicted octanol–water partition coefficient (Wildman–Crippen LogP) is 6.91. The number of amides is 3. The van der Waals surface area contributed by atoms with Crippen LogP contribution >= 0.6 is 23.2 Å². The van der Waals surface area contributed by atoms with Gasteiger partial charge < -0.3 is 15.5 Å². The van der Waals surface area contributed by atoms with Crippen molar-refractivity contribution in [1.29, 1.82) is 0 Å². The molecule has 0 aliphatic heterocycles. The maximum absolute atomic E-state index is 13.2. The van der Waals surface area contributed by atoms with E-state index in [1.165, 1.54) is 4.90 Å². The van der Waals surface area contributed by atoms with E-state index in [2.05, 4.69) is 31.4 Å². The SMILES string of the molecule is Cc1cccc(-n2nc(C(C)(C)C)cc2NC(=O)CN(CC(C)C)C(=O)Nc2ccc(Cl)c(Cl)c2)c1. The lowest BCUT2D eigenvalue weighted by molar-refractivity contribution is -0.116. The van der Waals surface area contributed by atoms with Crippen LogP contribution in [0.4, 0.5) is 16.3 Å². The Balaban J connectivity index is 1.82. The van der Waals surface area contributed by atoms with Crippen LogP contribution in [0.15, 0.2) is 48.5 Å². The highest BCUT2D eigenvalue weighted by atomic mass is 35.5. The number of aromatic nitrogens is 2. The number of hydrogen-bond acceptors (Lipinski definition) is 3. The zero-order valence-electron chi connectivity index (χ0n) is 21.5. The Bertz CT molecular complexity index is 1250. The van der Waals surface area contributed by atoms with Crippen LogP contribution in [0.25, 0.3) is 5.69 Å². The average molecular weight is 531 g/mol. The largest absolute Gasteiger partial charge is 0.322 e. The number of nitrogens with zero attached hydrogens (tertiary/aromatic N) is 3. The fourth-order valence-electron chi connectivity index (χ4n) is 3.59. The van der Waals surface area contributed by atoms with Gasteiger partial charge in [-0.05, 0) is 48.7 Å². The van der Waals surface area contributed by atoms with Gasteiger partial charge in [0.05, 0.1) is 21.4 Å². The number of carbonyl (C=O) groups excluding carboxylic acids is 2. The Morgan fingerprint density at radius 1 is 1.03 bits per heavy atom. The molecule has 3 rings (SSSR count). The minimum absolute atomic E-state index is 0.130. The van der Waals surface area contributed by atoms with E-state index in [4.69, 9.17) is 28.3 Å². The van der Waals surface area contributed by atoms with Crippen LogP contribution in [0.1, 0.15) is 45.9 Å². The standard InChI is InChI=1S/C27H33Cl2N5O2/c1-17(2)15-33(26(36)30-19-10-11-21(28)22(29)13-19)16-25(35)31-24-14-23(27(4,5)6)32-34(24)20-9-7-8-18(3)12-20/h7-14,17H,15-16H2,1-6H3,(H,30,36)(H,31,35). The Kier molecular flexibility index (Phi) is 8.69. The van der Waals surface area contributed by atoms with Crippen LogP contribution < -0.4 is 10.6 Å². The first kappa shape index (κ1) is 27.6. The number of hydrogen-bond donors (Lipinski definition) is 2. The van der Waals surface area contributed by atoms with Crippen molar-refractivity contribution in [1.82, 2.24) is 14.7 Å². The Labute approximate surface area is 222 Å². The molecule has 1 aromatic heterocycles. The van der Waals surface area contributed by atoms with E-state index in [9.17, 15) is 9.59 Å². The first-order chi connectivity index (χ1) is 16.8. The lowest BCUT2D eigenvalue weighted by Gasteiger charge is -2.24. The van der Waals surface area contributed by atoms with E-state index in [0.29, 0.717) is 28.1 Å². The number of carbonyl (C=O) groups is 2. The van der Waals surface area contributed by atoms with Gasteiger partial charge in [0, 0.05) is 23.7 Å². The summed E-state index contributed by atoms with van der Waals surface area (Å²) in [6, 6.07) is 14.2. The minimum atomic E-state index is -0.403. The van der Waals surface area contributed by atoms with Crippen LogP contribution in [0.5, 0.6) is 0 Å². The average Bonchev–Trinajstić information content (AvgIpc) is 3.19. The molecule has 0 radical (unpaired) electrons. The van der Waals surface area contributed by atoms with Crippen molar-refractivity contribution in [2.75, 3.05) is 23.7 Å². The summed E-state index contributed by atoms with van der Waals surface area (Å²) in [6.07, 6.45) is 0. The molecule has 0 saturated carbocycles. The highest BCUT2D eigenvalue weighted by Crippen LogP contribution is 2.27. The molecule has 0 spiro atoms. The normalized spacial score (nSPS) is 11.5. The van der Waals surface area contributed by atoms with Gasteiger partial charge in [-0.3, -0.25) is 4.79 Å². The van der Waals surface area contributed by atoms with Gasteiger partial charge in [0.15, 0.2) is 0 Å². The van der Waals surface area contributed by atoms with Crippen molar-refractivity contribution >= 4 is 46.6 Å². The summed E-state index contributed by atoms with van der Waals surface area (Å²) < 4.78 is 1.73. The number of aryl methyl sites for hydroxylation is 1. The summed E-state index contributed by atoms with van der Waals surface area (Å²) in [5.41, 5.74) is 3.06. The van der Waals surface area contributed by atoms with Gasteiger partial charge >= 0.3 is 6.03 Å². The maximum atomic E-state index is 13.2. The topological polar surface area (TPSA) is 79.3 Å². The molecule has 192 valence electrons. The minimum Gasteiger partial charge on any atom is -0.315 e. The van der Waals surface area contributed by atoms with E-state index in [1.807, 2.05) is 51.1 Å². The molecule has 3 amide bonds. The molecule has 9 heteroatoms. The molecule has 0 aliphatic rings. The third kappa shape index (κ3) is 7.24. The molecular weight excluding hydrogens is 497 g/mol. The second-order valence-corrected chi connectivity index (χ2v) is 11.1. The van der Waals surface area contributed by atoms with Gasteiger partial charge in [0.2, 0.25) is 5.91 Å². The summed E-state index contributed by atoms with van der Waals surface area (Å²) in [5.74, 6) is 0.377. The first-order valence-corrected chi connectivity index (χ1v) is 12.6. The molecule has 3 aromatic rings. The number of benzene rings is 2. The number of rotatable bonds is 7. The number of halogens is 2. The lowest BCUT2D eigenvalue weighted by Crippen LogP contribution is -2.42. The fourth-order valence-corrected chi connectivity index (χ4v) is 3.88. The number of anilines is 2. The quantitative estimate of drug-likeness (QED) is 0.348. The Morgan fingerprint density at radius 3 is 2.36 bits per heavy atom. The summed E-state index contributed by atoms with van der Waals surface area (Å²) in [4.78, 5) is 27.7. The van der Waals surface area contributed by atoms with Crippen molar-refractivity contribution in [2.24, 2.45) is 5.92 Å². The second-order valence-electron chi connectivity index (χ2n) is 10.3. The predicted molar refractivity (Wildman–Crippen MR) is 148 cm³/mol. The van der Waals surface area contributed by atoms with E-state index in [-0.39, 0.29) is 23.8 Å². The van der Waals surface area contributed by atoms with E-state index >= 15 is 0 Å². The fraction of sp³-hybridized carbons (Fsp3) is 0.370. The van der Waals surface area contributed by atoms with E-state index < -0.39 is 6.03 Å². The molecule has 0 fully saturated rings. The molecule has 36 heavy (non-hydrogen) atoms. The highest BCUT2D eigenvalue weighted by Gasteiger charge is 2.23. The Morgan fingerprint density at radius 2 is 1.75 bits per heavy atom. The van der Waals surface area contributed by atoms with Crippen molar-refractivity contribution in [2.45, 2.75) is 47.0 Å². The van der Waals surface area contributed by atoms with E-state index in [0.717, 1.165) is 16.9 Å². The molecule has 2 aromatic carbocycles. The zero-order valence-corrected chi connectivity index (χ0v) is 23.0. The molecule has 0 bridgehead atoms. The molecule has 7 nitrogen and oxygen atoms in total. The Hall–Kier alpha value is -3.03.